The Morgan fingerprint density at radius 2 is 1.88 bits per heavy atom. The number of rotatable bonds is 4. The van der Waals surface area contributed by atoms with Crippen LogP contribution in [-0.2, 0) is 4.74 Å². The first kappa shape index (κ1) is 13.3. The van der Waals surface area contributed by atoms with E-state index in [0.717, 1.165) is 45.1 Å². The Morgan fingerprint density at radius 1 is 1.24 bits per heavy atom. The van der Waals surface area contributed by atoms with Crippen LogP contribution in [0, 0.1) is 5.92 Å². The van der Waals surface area contributed by atoms with Gasteiger partial charge in [-0.15, -0.1) is 0 Å². The molecule has 0 aromatic rings. The summed E-state index contributed by atoms with van der Waals surface area (Å²) in [5, 5.41) is 13.2. The second-order valence-corrected chi connectivity index (χ2v) is 5.20. The van der Waals surface area contributed by atoms with Gasteiger partial charge < -0.3 is 20.1 Å². The van der Waals surface area contributed by atoms with Crippen LogP contribution in [-0.4, -0.2) is 55.1 Å². The minimum absolute atomic E-state index is 0.341. The number of likely N-dealkylation sites (tertiary alicyclic amines) is 1. The fraction of sp³-hybridized carbons (Fsp3) is 1.00. The van der Waals surface area contributed by atoms with Gasteiger partial charge in [-0.1, -0.05) is 0 Å². The highest BCUT2D eigenvalue weighted by Crippen LogP contribution is 2.24. The average Bonchev–Trinajstić information content (AvgIpc) is 2.40. The smallest absolute Gasteiger partial charge is 0.157 e. The molecule has 0 bridgehead atoms. The molecule has 4 heteroatoms. The Bertz CT molecular complexity index is 211. The van der Waals surface area contributed by atoms with Crippen molar-refractivity contribution in [2.24, 2.45) is 5.92 Å². The molecular weight excluding hydrogens is 216 g/mol. The van der Waals surface area contributed by atoms with Crippen LogP contribution < -0.4 is 5.32 Å². The number of aliphatic hydroxyl groups excluding tert-OH is 1. The van der Waals surface area contributed by atoms with Gasteiger partial charge >= 0.3 is 0 Å². The molecule has 2 saturated heterocycles. The molecule has 2 fully saturated rings. The highest BCUT2D eigenvalue weighted by molar-refractivity contribution is 4.82. The Hall–Kier alpha value is -0.160. The SMILES string of the molecule is CCOC(O)C1CCN(C2CCNCC2)CC1. The molecule has 0 spiro atoms. The third-order valence-electron chi connectivity index (χ3n) is 4.14. The molecule has 0 radical (unpaired) electrons. The molecule has 2 rings (SSSR count). The van der Waals surface area contributed by atoms with Crippen LogP contribution in [0.15, 0.2) is 0 Å². The van der Waals surface area contributed by atoms with Crippen molar-refractivity contribution in [1.29, 1.82) is 0 Å². The summed E-state index contributed by atoms with van der Waals surface area (Å²) < 4.78 is 5.29. The summed E-state index contributed by atoms with van der Waals surface area (Å²) in [6.07, 6.45) is 4.16. The molecule has 1 unspecified atom stereocenters. The average molecular weight is 242 g/mol. The fourth-order valence-corrected chi connectivity index (χ4v) is 3.05. The summed E-state index contributed by atoms with van der Waals surface area (Å²) in [6, 6.07) is 0.765. The van der Waals surface area contributed by atoms with E-state index in [9.17, 15) is 5.11 Å². The summed E-state index contributed by atoms with van der Waals surface area (Å²) in [6.45, 7) is 7.11. The third kappa shape index (κ3) is 3.65. The van der Waals surface area contributed by atoms with Crippen molar-refractivity contribution < 1.29 is 9.84 Å². The van der Waals surface area contributed by atoms with Gasteiger partial charge in [-0.2, -0.15) is 0 Å². The van der Waals surface area contributed by atoms with E-state index in [1.54, 1.807) is 0 Å². The quantitative estimate of drug-likeness (QED) is 0.716. The summed E-state index contributed by atoms with van der Waals surface area (Å²) in [5.74, 6) is 0.341. The Labute approximate surface area is 104 Å². The molecule has 0 aromatic heterocycles. The lowest BCUT2D eigenvalue weighted by molar-refractivity contribution is -0.142. The van der Waals surface area contributed by atoms with Gasteiger partial charge in [-0.3, -0.25) is 0 Å². The fourth-order valence-electron chi connectivity index (χ4n) is 3.05. The Balaban J connectivity index is 1.73. The molecule has 4 nitrogen and oxygen atoms in total. The van der Waals surface area contributed by atoms with Gasteiger partial charge in [-0.05, 0) is 58.8 Å². The van der Waals surface area contributed by atoms with Gasteiger partial charge in [0.25, 0.3) is 0 Å². The topological polar surface area (TPSA) is 44.7 Å². The highest BCUT2D eigenvalue weighted by atomic mass is 16.6. The van der Waals surface area contributed by atoms with E-state index in [4.69, 9.17) is 4.74 Å². The maximum absolute atomic E-state index is 9.82. The van der Waals surface area contributed by atoms with Crippen molar-refractivity contribution >= 4 is 0 Å². The Morgan fingerprint density at radius 3 is 2.47 bits per heavy atom. The van der Waals surface area contributed by atoms with Gasteiger partial charge in [0.05, 0.1) is 0 Å². The van der Waals surface area contributed by atoms with E-state index in [2.05, 4.69) is 10.2 Å². The third-order valence-corrected chi connectivity index (χ3v) is 4.14. The number of hydrogen-bond donors (Lipinski definition) is 2. The van der Waals surface area contributed by atoms with Crippen LogP contribution >= 0.6 is 0 Å². The molecule has 2 heterocycles. The van der Waals surface area contributed by atoms with E-state index >= 15 is 0 Å². The van der Waals surface area contributed by atoms with E-state index in [-0.39, 0.29) is 0 Å². The van der Waals surface area contributed by atoms with Gasteiger partial charge in [0.2, 0.25) is 0 Å². The van der Waals surface area contributed by atoms with Crippen LogP contribution in [0.1, 0.15) is 32.6 Å². The first-order valence-corrected chi connectivity index (χ1v) is 7.05. The zero-order valence-corrected chi connectivity index (χ0v) is 10.9. The standard InChI is InChI=1S/C13H26N2O2/c1-2-17-13(16)11-5-9-15(10-6-11)12-3-7-14-8-4-12/h11-14,16H,2-10H2,1H3. The van der Waals surface area contributed by atoms with Crippen molar-refractivity contribution in [2.45, 2.75) is 44.9 Å². The van der Waals surface area contributed by atoms with Crippen molar-refractivity contribution in [3.63, 3.8) is 0 Å². The molecular formula is C13H26N2O2. The number of aliphatic hydroxyl groups is 1. The Kier molecular flexibility index (Phi) is 5.22. The summed E-state index contributed by atoms with van der Waals surface area (Å²) in [4.78, 5) is 2.61. The van der Waals surface area contributed by atoms with Crippen LogP contribution in [0.5, 0.6) is 0 Å². The first-order chi connectivity index (χ1) is 8.31. The van der Waals surface area contributed by atoms with Crippen LogP contribution in [0.25, 0.3) is 0 Å². The molecule has 100 valence electrons. The lowest BCUT2D eigenvalue weighted by Gasteiger charge is -2.40. The number of nitrogens with zero attached hydrogens (tertiary/aromatic N) is 1. The molecule has 0 amide bonds. The van der Waals surface area contributed by atoms with Crippen molar-refractivity contribution in [3.8, 4) is 0 Å². The zero-order valence-electron chi connectivity index (χ0n) is 10.9. The van der Waals surface area contributed by atoms with Crippen LogP contribution in [0.3, 0.4) is 0 Å². The van der Waals surface area contributed by atoms with Gasteiger partial charge in [0.1, 0.15) is 0 Å². The highest BCUT2D eigenvalue weighted by Gasteiger charge is 2.29. The normalized spacial score (nSPS) is 27.2. The number of ether oxygens (including phenoxy) is 1. The summed E-state index contributed by atoms with van der Waals surface area (Å²) in [7, 11) is 0. The lowest BCUT2D eigenvalue weighted by atomic mass is 9.93. The van der Waals surface area contributed by atoms with Crippen molar-refractivity contribution in [1.82, 2.24) is 10.2 Å². The summed E-state index contributed by atoms with van der Waals surface area (Å²) in [5.41, 5.74) is 0. The minimum atomic E-state index is -0.546. The second kappa shape index (κ2) is 6.69. The molecule has 0 aromatic carbocycles. The molecule has 2 aliphatic heterocycles. The van der Waals surface area contributed by atoms with Gasteiger partial charge in [0.15, 0.2) is 6.29 Å². The number of nitrogens with one attached hydrogen (secondary N) is 1. The first-order valence-electron chi connectivity index (χ1n) is 7.05. The second-order valence-electron chi connectivity index (χ2n) is 5.20. The van der Waals surface area contributed by atoms with Gasteiger partial charge in [-0.25, -0.2) is 0 Å². The maximum atomic E-state index is 9.82. The van der Waals surface area contributed by atoms with E-state index < -0.39 is 6.29 Å². The largest absolute Gasteiger partial charge is 0.368 e. The molecule has 2 N–H and O–H groups in total. The monoisotopic (exact) mass is 242 g/mol. The predicted octanol–water partition coefficient (Wildman–Crippen LogP) is 0.805. The van der Waals surface area contributed by atoms with Gasteiger partial charge in [0, 0.05) is 18.6 Å². The molecule has 1 atom stereocenters. The molecule has 17 heavy (non-hydrogen) atoms. The molecule has 2 aliphatic rings. The summed E-state index contributed by atoms with van der Waals surface area (Å²) >= 11 is 0. The number of hydrogen-bond acceptors (Lipinski definition) is 4. The predicted molar refractivity (Wildman–Crippen MR) is 67.8 cm³/mol. The number of piperidine rings is 2. The van der Waals surface area contributed by atoms with E-state index in [1.165, 1.54) is 12.8 Å². The zero-order chi connectivity index (χ0) is 12.1. The minimum Gasteiger partial charge on any atom is -0.368 e. The lowest BCUT2D eigenvalue weighted by Crippen LogP contribution is -2.47. The van der Waals surface area contributed by atoms with Crippen LogP contribution in [0.2, 0.25) is 0 Å². The van der Waals surface area contributed by atoms with E-state index in [1.807, 2.05) is 6.92 Å². The molecule has 0 saturated carbocycles. The van der Waals surface area contributed by atoms with Crippen LogP contribution in [0.4, 0.5) is 0 Å². The van der Waals surface area contributed by atoms with Crippen molar-refractivity contribution in [3.05, 3.63) is 0 Å². The molecule has 0 aliphatic carbocycles. The van der Waals surface area contributed by atoms with E-state index in [0.29, 0.717) is 12.5 Å². The maximum Gasteiger partial charge on any atom is 0.157 e. The van der Waals surface area contributed by atoms with Crippen molar-refractivity contribution in [2.75, 3.05) is 32.8 Å².